The minimum atomic E-state index is -0.0295. The molecule has 0 atom stereocenters. The van der Waals surface area contributed by atoms with Gasteiger partial charge in [-0.2, -0.15) is 0 Å². The minimum Gasteiger partial charge on any atom is -0.398 e. The number of halogens is 1. The minimum absolute atomic E-state index is 0.0295. The molecule has 15 heavy (non-hydrogen) atoms. The molecule has 0 spiro atoms. The Morgan fingerprint density at radius 1 is 1.60 bits per heavy atom. The van der Waals surface area contributed by atoms with E-state index in [0.717, 1.165) is 10.0 Å². The number of hydrogen-bond acceptors (Lipinski definition) is 2. The van der Waals surface area contributed by atoms with Crippen molar-refractivity contribution in [3.63, 3.8) is 0 Å². The van der Waals surface area contributed by atoms with Crippen LogP contribution in [-0.4, -0.2) is 12.5 Å². The number of nitrogen functional groups attached to an aromatic ring is 1. The van der Waals surface area contributed by atoms with Crippen LogP contribution in [0, 0.1) is 0 Å². The second-order valence-corrected chi connectivity index (χ2v) is 3.97. The smallest absolute Gasteiger partial charge is 0.217 e. The Hall–Kier alpha value is -1.29. The summed E-state index contributed by atoms with van der Waals surface area (Å²) >= 11 is 3.35. The number of nitrogens with one attached hydrogen (secondary N) is 1. The molecule has 4 heteroatoms. The first kappa shape index (κ1) is 11.8. The van der Waals surface area contributed by atoms with Crippen molar-refractivity contribution in [2.75, 3.05) is 12.3 Å². The molecule has 0 saturated carbocycles. The number of benzene rings is 1. The number of nitrogens with two attached hydrogens (primary N) is 1. The van der Waals surface area contributed by atoms with Crippen LogP contribution in [0.15, 0.2) is 28.7 Å². The highest BCUT2D eigenvalue weighted by molar-refractivity contribution is 9.10. The van der Waals surface area contributed by atoms with Crippen molar-refractivity contribution >= 4 is 33.6 Å². The van der Waals surface area contributed by atoms with Crippen LogP contribution in [0.5, 0.6) is 0 Å². The van der Waals surface area contributed by atoms with Crippen molar-refractivity contribution in [2.24, 2.45) is 0 Å². The zero-order valence-electron chi connectivity index (χ0n) is 8.46. The van der Waals surface area contributed by atoms with Crippen molar-refractivity contribution in [2.45, 2.75) is 6.92 Å². The van der Waals surface area contributed by atoms with Gasteiger partial charge >= 0.3 is 0 Å². The molecule has 0 fully saturated rings. The first-order valence-corrected chi connectivity index (χ1v) is 5.35. The van der Waals surface area contributed by atoms with Crippen LogP contribution in [-0.2, 0) is 4.79 Å². The summed E-state index contributed by atoms with van der Waals surface area (Å²) in [6, 6.07) is 5.69. The van der Waals surface area contributed by atoms with Crippen molar-refractivity contribution in [1.29, 1.82) is 0 Å². The van der Waals surface area contributed by atoms with Gasteiger partial charge in [0.25, 0.3) is 0 Å². The Labute approximate surface area is 97.5 Å². The lowest BCUT2D eigenvalue weighted by molar-refractivity contribution is -0.118. The zero-order chi connectivity index (χ0) is 11.3. The van der Waals surface area contributed by atoms with Gasteiger partial charge < -0.3 is 11.1 Å². The number of rotatable bonds is 3. The second-order valence-electron chi connectivity index (χ2n) is 3.12. The van der Waals surface area contributed by atoms with Gasteiger partial charge in [0.2, 0.25) is 5.91 Å². The standard InChI is InChI=1S/C11H13BrN2O/c1-8(15)14-6-2-3-9-4-5-11(13)10(12)7-9/h2-5,7H,6,13H2,1H3,(H,14,15). The topological polar surface area (TPSA) is 55.1 Å². The Morgan fingerprint density at radius 3 is 2.93 bits per heavy atom. The number of carbonyl (C=O) groups excluding carboxylic acids is 1. The highest BCUT2D eigenvalue weighted by Crippen LogP contribution is 2.20. The second kappa shape index (κ2) is 5.56. The quantitative estimate of drug-likeness (QED) is 0.826. The van der Waals surface area contributed by atoms with E-state index in [-0.39, 0.29) is 5.91 Å². The van der Waals surface area contributed by atoms with Gasteiger partial charge in [0.05, 0.1) is 0 Å². The molecule has 1 aromatic rings. The molecule has 0 aliphatic rings. The van der Waals surface area contributed by atoms with E-state index in [1.54, 1.807) is 0 Å². The predicted octanol–water partition coefficient (Wildman–Crippen LogP) is 2.18. The van der Waals surface area contributed by atoms with Gasteiger partial charge in [-0.15, -0.1) is 0 Å². The molecular weight excluding hydrogens is 256 g/mol. The molecule has 3 N–H and O–H groups in total. The van der Waals surface area contributed by atoms with Crippen LogP contribution in [0.4, 0.5) is 5.69 Å². The van der Waals surface area contributed by atoms with Crippen LogP contribution < -0.4 is 11.1 Å². The summed E-state index contributed by atoms with van der Waals surface area (Å²) in [5, 5.41) is 2.68. The first-order chi connectivity index (χ1) is 7.09. The highest BCUT2D eigenvalue weighted by Gasteiger charge is 1.94. The van der Waals surface area contributed by atoms with Gasteiger partial charge in [-0.1, -0.05) is 18.2 Å². The summed E-state index contributed by atoms with van der Waals surface area (Å²) in [6.45, 7) is 2.03. The van der Waals surface area contributed by atoms with Gasteiger partial charge in [0.15, 0.2) is 0 Å². The van der Waals surface area contributed by atoms with Gasteiger partial charge in [-0.05, 0) is 33.6 Å². The van der Waals surface area contributed by atoms with E-state index < -0.39 is 0 Å². The van der Waals surface area contributed by atoms with Crippen molar-refractivity contribution in [1.82, 2.24) is 5.32 Å². The fraction of sp³-hybridized carbons (Fsp3) is 0.182. The molecular formula is C11H13BrN2O. The maximum Gasteiger partial charge on any atom is 0.217 e. The van der Waals surface area contributed by atoms with Crippen LogP contribution in [0.3, 0.4) is 0 Å². The van der Waals surface area contributed by atoms with E-state index >= 15 is 0 Å². The zero-order valence-corrected chi connectivity index (χ0v) is 10.0. The molecule has 0 saturated heterocycles. The molecule has 1 aromatic carbocycles. The molecule has 0 bridgehead atoms. The summed E-state index contributed by atoms with van der Waals surface area (Å²) in [4.78, 5) is 10.6. The normalized spacial score (nSPS) is 10.5. The maximum absolute atomic E-state index is 10.6. The highest BCUT2D eigenvalue weighted by atomic mass is 79.9. The molecule has 0 aliphatic carbocycles. The predicted molar refractivity (Wildman–Crippen MR) is 66.3 cm³/mol. The third-order valence-electron chi connectivity index (χ3n) is 1.80. The van der Waals surface area contributed by atoms with Crippen LogP contribution in [0.2, 0.25) is 0 Å². The summed E-state index contributed by atoms with van der Waals surface area (Å²) in [5.41, 5.74) is 7.41. The molecule has 0 unspecified atom stereocenters. The van der Waals surface area contributed by atoms with E-state index in [1.165, 1.54) is 6.92 Å². The van der Waals surface area contributed by atoms with Gasteiger partial charge in [-0.25, -0.2) is 0 Å². The summed E-state index contributed by atoms with van der Waals surface area (Å²) in [7, 11) is 0. The Kier molecular flexibility index (Phi) is 4.37. The SMILES string of the molecule is CC(=O)NCC=Cc1ccc(N)c(Br)c1. The first-order valence-electron chi connectivity index (χ1n) is 4.55. The fourth-order valence-corrected chi connectivity index (χ4v) is 1.44. The molecule has 1 rings (SSSR count). The average Bonchev–Trinajstić information content (AvgIpc) is 2.18. The number of anilines is 1. The lowest BCUT2D eigenvalue weighted by atomic mass is 10.2. The molecule has 0 heterocycles. The largest absolute Gasteiger partial charge is 0.398 e. The lowest BCUT2D eigenvalue weighted by Crippen LogP contribution is -2.19. The van der Waals surface area contributed by atoms with Crippen LogP contribution in [0.1, 0.15) is 12.5 Å². The molecule has 1 amide bonds. The van der Waals surface area contributed by atoms with E-state index in [4.69, 9.17) is 5.73 Å². The number of hydrogen-bond donors (Lipinski definition) is 2. The van der Waals surface area contributed by atoms with Gasteiger partial charge in [0, 0.05) is 23.6 Å². The van der Waals surface area contributed by atoms with Gasteiger partial charge in [-0.3, -0.25) is 4.79 Å². The van der Waals surface area contributed by atoms with Crippen LogP contribution >= 0.6 is 15.9 Å². The number of amides is 1. The van der Waals surface area contributed by atoms with Crippen molar-refractivity contribution in [3.05, 3.63) is 34.3 Å². The third kappa shape index (κ3) is 4.16. The van der Waals surface area contributed by atoms with E-state index in [9.17, 15) is 4.79 Å². The van der Waals surface area contributed by atoms with Crippen LogP contribution in [0.25, 0.3) is 6.08 Å². The monoisotopic (exact) mass is 268 g/mol. The Bertz CT molecular complexity index is 388. The molecule has 0 aromatic heterocycles. The molecule has 0 aliphatic heterocycles. The maximum atomic E-state index is 10.6. The third-order valence-corrected chi connectivity index (χ3v) is 2.49. The summed E-state index contributed by atoms with van der Waals surface area (Å²) in [6.07, 6.45) is 3.82. The van der Waals surface area contributed by atoms with E-state index in [2.05, 4.69) is 21.2 Å². The van der Waals surface area contributed by atoms with E-state index in [0.29, 0.717) is 12.2 Å². The van der Waals surface area contributed by atoms with Crippen molar-refractivity contribution in [3.8, 4) is 0 Å². The van der Waals surface area contributed by atoms with Crippen molar-refractivity contribution < 1.29 is 4.79 Å². The molecule has 80 valence electrons. The fourth-order valence-electron chi connectivity index (χ4n) is 1.04. The molecule has 0 radical (unpaired) electrons. The average molecular weight is 269 g/mol. The summed E-state index contributed by atoms with van der Waals surface area (Å²) < 4.78 is 0.879. The Balaban J connectivity index is 2.57. The number of carbonyl (C=O) groups is 1. The Morgan fingerprint density at radius 2 is 2.33 bits per heavy atom. The van der Waals surface area contributed by atoms with E-state index in [1.807, 2.05) is 30.4 Å². The van der Waals surface area contributed by atoms with Gasteiger partial charge in [0.1, 0.15) is 0 Å². The summed E-state index contributed by atoms with van der Waals surface area (Å²) in [5.74, 6) is -0.0295. The molecule has 3 nitrogen and oxygen atoms in total. The lowest BCUT2D eigenvalue weighted by Gasteiger charge is -1.99.